The Balaban J connectivity index is 1.68. The summed E-state index contributed by atoms with van der Waals surface area (Å²) in [6.45, 7) is 0. The van der Waals surface area contributed by atoms with Gasteiger partial charge in [0, 0.05) is 21.0 Å². The van der Waals surface area contributed by atoms with Crippen LogP contribution in [0, 0.1) is 0 Å². The zero-order chi connectivity index (χ0) is 17.4. The fraction of sp³-hybridized carbons (Fsp3) is 0.235. The van der Waals surface area contributed by atoms with Crippen LogP contribution in [0.5, 0.6) is 0 Å². The number of rotatable bonds is 3. The molecular weight excluding hydrogens is 470 g/mol. The standard InChI is InChI=1S/C17H13Br2N3O2S/c18-10-5-9-6-12(16(23)24-15(9)13(19)7-10)14-8-25-17(20-14)22-21-11-3-1-2-4-11/h5-8H,1-4H2,(H,20,22). The van der Waals surface area contributed by atoms with Crippen LogP contribution < -0.4 is 11.1 Å². The van der Waals surface area contributed by atoms with Crippen LogP contribution in [0.4, 0.5) is 5.13 Å². The van der Waals surface area contributed by atoms with E-state index in [4.69, 9.17) is 4.42 Å². The van der Waals surface area contributed by atoms with Gasteiger partial charge >= 0.3 is 5.63 Å². The topological polar surface area (TPSA) is 67.5 Å². The molecule has 1 aliphatic carbocycles. The molecule has 1 aliphatic rings. The normalized spacial score (nSPS) is 14.2. The number of nitrogens with zero attached hydrogens (tertiary/aromatic N) is 2. The SMILES string of the molecule is O=c1oc2c(Br)cc(Br)cc2cc1-c1csc(NN=C2CCCC2)n1. The lowest BCUT2D eigenvalue weighted by Crippen LogP contribution is -2.03. The highest BCUT2D eigenvalue weighted by molar-refractivity contribution is 9.11. The number of fused-ring (bicyclic) bond motifs is 1. The molecule has 3 aromatic rings. The highest BCUT2D eigenvalue weighted by Gasteiger charge is 2.14. The average Bonchev–Trinajstić information content (AvgIpc) is 3.24. The molecule has 0 unspecified atom stereocenters. The van der Waals surface area contributed by atoms with E-state index in [-0.39, 0.29) is 0 Å². The third-order valence-corrected chi connectivity index (χ3v) is 5.82. The molecule has 8 heteroatoms. The van der Waals surface area contributed by atoms with Crippen molar-refractivity contribution in [3.05, 3.63) is 42.9 Å². The number of anilines is 1. The molecule has 0 bridgehead atoms. The van der Waals surface area contributed by atoms with E-state index in [0.29, 0.717) is 22.0 Å². The molecule has 1 saturated carbocycles. The summed E-state index contributed by atoms with van der Waals surface area (Å²) in [5, 5.41) is 7.73. The maximum Gasteiger partial charge on any atom is 0.345 e. The smallest absolute Gasteiger partial charge is 0.345 e. The Labute approximate surface area is 164 Å². The maximum absolute atomic E-state index is 12.4. The summed E-state index contributed by atoms with van der Waals surface area (Å²) in [6, 6.07) is 5.56. The summed E-state index contributed by atoms with van der Waals surface area (Å²) < 4.78 is 7.11. The van der Waals surface area contributed by atoms with Gasteiger partial charge in [0.05, 0.1) is 15.7 Å². The molecule has 0 saturated heterocycles. The Morgan fingerprint density at radius 3 is 2.80 bits per heavy atom. The highest BCUT2D eigenvalue weighted by Crippen LogP contribution is 2.31. The van der Waals surface area contributed by atoms with Gasteiger partial charge in [-0.1, -0.05) is 15.9 Å². The van der Waals surface area contributed by atoms with E-state index in [1.165, 1.54) is 29.9 Å². The molecule has 1 N–H and O–H groups in total. The molecule has 5 nitrogen and oxygen atoms in total. The number of benzene rings is 1. The quantitative estimate of drug-likeness (QED) is 0.379. The second-order valence-corrected chi connectivity index (χ2v) is 8.42. The summed E-state index contributed by atoms with van der Waals surface area (Å²) >= 11 is 8.29. The van der Waals surface area contributed by atoms with Gasteiger partial charge in [-0.2, -0.15) is 5.10 Å². The molecule has 4 rings (SSSR count). The predicted molar refractivity (Wildman–Crippen MR) is 109 cm³/mol. The van der Waals surface area contributed by atoms with E-state index in [1.54, 1.807) is 6.07 Å². The number of halogens is 2. The van der Waals surface area contributed by atoms with Gasteiger partial charge in [-0.15, -0.1) is 11.3 Å². The summed E-state index contributed by atoms with van der Waals surface area (Å²) in [7, 11) is 0. The molecule has 0 spiro atoms. The third-order valence-electron chi connectivity index (χ3n) is 4.02. The minimum atomic E-state index is -0.408. The third kappa shape index (κ3) is 3.56. The Morgan fingerprint density at radius 1 is 1.20 bits per heavy atom. The Hall–Kier alpha value is -1.51. The van der Waals surface area contributed by atoms with Crippen molar-refractivity contribution in [2.75, 3.05) is 5.43 Å². The lowest BCUT2D eigenvalue weighted by Gasteiger charge is -2.03. The first kappa shape index (κ1) is 16.9. The van der Waals surface area contributed by atoms with Crippen molar-refractivity contribution in [2.45, 2.75) is 25.7 Å². The first-order chi connectivity index (χ1) is 12.1. The molecule has 0 radical (unpaired) electrons. The summed E-state index contributed by atoms with van der Waals surface area (Å²) in [6.07, 6.45) is 4.49. The minimum Gasteiger partial charge on any atom is -0.421 e. The Morgan fingerprint density at radius 2 is 2.00 bits per heavy atom. The molecule has 0 amide bonds. The molecule has 0 aliphatic heterocycles. The van der Waals surface area contributed by atoms with E-state index in [0.717, 1.165) is 27.2 Å². The zero-order valence-corrected chi connectivity index (χ0v) is 17.0. The van der Waals surface area contributed by atoms with Gasteiger partial charge in [-0.3, -0.25) is 5.43 Å². The van der Waals surface area contributed by atoms with Crippen LogP contribution in [-0.4, -0.2) is 10.7 Å². The van der Waals surface area contributed by atoms with Crippen LogP contribution in [-0.2, 0) is 0 Å². The average molecular weight is 483 g/mol. The Bertz CT molecular complexity index is 1030. The van der Waals surface area contributed by atoms with Crippen LogP contribution in [0.2, 0.25) is 0 Å². The molecule has 2 heterocycles. The first-order valence-electron chi connectivity index (χ1n) is 7.80. The van der Waals surface area contributed by atoms with Crippen LogP contribution in [0.15, 0.2) is 46.8 Å². The highest BCUT2D eigenvalue weighted by atomic mass is 79.9. The second-order valence-electron chi connectivity index (χ2n) is 5.79. The van der Waals surface area contributed by atoms with Gasteiger partial charge in [-0.05, 0) is 59.8 Å². The van der Waals surface area contributed by atoms with Crippen LogP contribution in [0.3, 0.4) is 0 Å². The summed E-state index contributed by atoms with van der Waals surface area (Å²) in [5.41, 5.74) is 5.32. The fourth-order valence-corrected chi connectivity index (χ4v) is 4.80. The number of hydrazone groups is 1. The molecular formula is C17H13Br2N3O2S. The number of nitrogens with one attached hydrogen (secondary N) is 1. The fourth-order valence-electron chi connectivity index (χ4n) is 2.81. The van der Waals surface area contributed by atoms with E-state index < -0.39 is 5.63 Å². The number of hydrogen-bond donors (Lipinski definition) is 1. The van der Waals surface area contributed by atoms with E-state index in [1.807, 2.05) is 17.5 Å². The van der Waals surface area contributed by atoms with Gasteiger partial charge < -0.3 is 4.42 Å². The monoisotopic (exact) mass is 481 g/mol. The van der Waals surface area contributed by atoms with Gasteiger partial charge in [0.25, 0.3) is 0 Å². The first-order valence-corrected chi connectivity index (χ1v) is 10.3. The van der Waals surface area contributed by atoms with Gasteiger partial charge in [0.1, 0.15) is 0 Å². The molecule has 1 aromatic carbocycles. The van der Waals surface area contributed by atoms with Gasteiger partial charge in [0.2, 0.25) is 5.13 Å². The lowest BCUT2D eigenvalue weighted by molar-refractivity contribution is 0.561. The van der Waals surface area contributed by atoms with Crippen molar-refractivity contribution in [1.82, 2.24) is 4.98 Å². The second kappa shape index (κ2) is 7.01. The van der Waals surface area contributed by atoms with E-state index in [2.05, 4.69) is 47.4 Å². The maximum atomic E-state index is 12.4. The summed E-state index contributed by atoms with van der Waals surface area (Å²) in [5.74, 6) is 0. The van der Waals surface area contributed by atoms with E-state index >= 15 is 0 Å². The molecule has 2 aromatic heterocycles. The molecule has 25 heavy (non-hydrogen) atoms. The molecule has 1 fully saturated rings. The van der Waals surface area contributed by atoms with Crippen molar-refractivity contribution < 1.29 is 4.42 Å². The summed E-state index contributed by atoms with van der Waals surface area (Å²) in [4.78, 5) is 16.8. The van der Waals surface area contributed by atoms with Crippen LogP contribution >= 0.6 is 43.2 Å². The van der Waals surface area contributed by atoms with Crippen molar-refractivity contribution in [2.24, 2.45) is 5.10 Å². The van der Waals surface area contributed by atoms with Crippen molar-refractivity contribution in [1.29, 1.82) is 0 Å². The lowest BCUT2D eigenvalue weighted by atomic mass is 10.1. The predicted octanol–water partition coefficient (Wildman–Crippen LogP) is 5.78. The van der Waals surface area contributed by atoms with Gasteiger partial charge in [-0.25, -0.2) is 9.78 Å². The van der Waals surface area contributed by atoms with Crippen molar-refractivity contribution >= 4 is 65.0 Å². The van der Waals surface area contributed by atoms with Crippen LogP contribution in [0.25, 0.3) is 22.2 Å². The molecule has 128 valence electrons. The van der Waals surface area contributed by atoms with E-state index in [9.17, 15) is 4.79 Å². The van der Waals surface area contributed by atoms with Crippen molar-refractivity contribution in [3.8, 4) is 11.3 Å². The largest absolute Gasteiger partial charge is 0.421 e. The number of aromatic nitrogens is 1. The zero-order valence-electron chi connectivity index (χ0n) is 13.0. The molecule has 0 atom stereocenters. The number of hydrogen-bond acceptors (Lipinski definition) is 6. The van der Waals surface area contributed by atoms with Crippen LogP contribution in [0.1, 0.15) is 25.7 Å². The number of thiazole rings is 1. The Kier molecular flexibility index (Phi) is 4.75. The van der Waals surface area contributed by atoms with Crippen molar-refractivity contribution in [3.63, 3.8) is 0 Å². The van der Waals surface area contributed by atoms with Gasteiger partial charge in [0.15, 0.2) is 5.58 Å². The minimum absolute atomic E-state index is 0.408.